The molecule has 2 aliphatic carbocycles. The Hall–Kier alpha value is -1.20. The Bertz CT molecular complexity index is 664. The summed E-state index contributed by atoms with van der Waals surface area (Å²) in [6, 6.07) is 20.5. The van der Waals surface area contributed by atoms with Crippen molar-refractivity contribution in [3.05, 3.63) is 89.5 Å². The Labute approximate surface area is 198 Å². The van der Waals surface area contributed by atoms with Crippen LogP contribution in [0.3, 0.4) is 0 Å². The van der Waals surface area contributed by atoms with Crippen molar-refractivity contribution in [3.63, 3.8) is 0 Å². The smallest absolute Gasteiger partial charge is 0.316 e. The van der Waals surface area contributed by atoms with Gasteiger partial charge in [-0.2, -0.15) is 5.56 Å². The number of allylic oxidation sites excluding steroid dienone is 3. The van der Waals surface area contributed by atoms with Crippen LogP contribution in [0.5, 0.6) is 0 Å². The van der Waals surface area contributed by atoms with Crippen molar-refractivity contribution < 1.29 is 26.2 Å². The zero-order valence-electron chi connectivity index (χ0n) is 18.3. The van der Waals surface area contributed by atoms with E-state index in [9.17, 15) is 0 Å². The quantitative estimate of drug-likeness (QED) is 0.243. The monoisotopic (exact) mass is 462 g/mol. The van der Waals surface area contributed by atoms with Crippen LogP contribution >= 0.6 is 0 Å². The van der Waals surface area contributed by atoms with E-state index in [1.807, 2.05) is 43.3 Å². The third-order valence-corrected chi connectivity index (χ3v) is 5.36. The Morgan fingerprint density at radius 3 is 1.38 bits per heavy atom. The molecule has 2 aromatic rings. The van der Waals surface area contributed by atoms with Crippen LogP contribution in [0.1, 0.15) is 89.2 Å². The molecule has 4 rings (SSSR count). The summed E-state index contributed by atoms with van der Waals surface area (Å²) >= 11 is 0. The first-order chi connectivity index (χ1) is 13.8. The third-order valence-electron chi connectivity index (χ3n) is 5.36. The van der Waals surface area contributed by atoms with Gasteiger partial charge in [0, 0.05) is 0 Å². The zero-order valence-corrected chi connectivity index (χ0v) is 20.8. The fourth-order valence-corrected chi connectivity index (χ4v) is 3.55. The van der Waals surface area contributed by atoms with Crippen molar-refractivity contribution in [1.82, 2.24) is 0 Å². The van der Waals surface area contributed by atoms with Gasteiger partial charge in [0.1, 0.15) is 0 Å². The molecule has 1 heteroatoms. The molecule has 0 N–H and O–H groups in total. The number of hydrogen-bond acceptors (Lipinski definition) is 0. The predicted octanol–water partition coefficient (Wildman–Crippen LogP) is 8.59. The van der Waals surface area contributed by atoms with Crippen LogP contribution in [0.15, 0.2) is 66.2 Å². The van der Waals surface area contributed by atoms with Gasteiger partial charge in [0.15, 0.2) is 0 Å². The molecular weight excluding hydrogens is 428 g/mol. The molecule has 0 heterocycles. The largest absolute Gasteiger partial charge is 4.00 e. The van der Waals surface area contributed by atoms with Crippen LogP contribution < -0.4 is 0 Å². The molecule has 2 fully saturated rings. The molecule has 150 valence electrons. The first-order valence-corrected chi connectivity index (χ1v) is 11.1. The molecule has 0 aliphatic heterocycles. The Balaban J connectivity index is 0.000000311. The topological polar surface area (TPSA) is 0 Å². The van der Waals surface area contributed by atoms with Gasteiger partial charge in [-0.15, -0.1) is 43.7 Å². The van der Waals surface area contributed by atoms with Gasteiger partial charge in [0.2, 0.25) is 0 Å². The van der Waals surface area contributed by atoms with Gasteiger partial charge in [-0.3, -0.25) is 11.1 Å². The fraction of sp³-hybridized carbons (Fsp3) is 0.429. The molecule has 0 amide bonds. The second-order valence-corrected chi connectivity index (χ2v) is 7.64. The third kappa shape index (κ3) is 11.0. The van der Waals surface area contributed by atoms with Gasteiger partial charge in [-0.05, 0) is 0 Å². The Kier molecular flexibility index (Phi) is 14.8. The maximum atomic E-state index is 3.46. The van der Waals surface area contributed by atoms with E-state index in [4.69, 9.17) is 0 Å². The Morgan fingerprint density at radius 2 is 1.00 bits per heavy atom. The van der Waals surface area contributed by atoms with E-state index in [2.05, 4.69) is 43.3 Å². The minimum atomic E-state index is 0. The number of benzene rings is 2. The average molecular weight is 464 g/mol. The van der Waals surface area contributed by atoms with Crippen molar-refractivity contribution in [1.29, 1.82) is 0 Å². The van der Waals surface area contributed by atoms with Crippen molar-refractivity contribution in [3.8, 4) is 0 Å². The molecule has 0 aromatic heterocycles. The molecular formula is C28H36Zr+2. The van der Waals surface area contributed by atoms with Crippen molar-refractivity contribution in [2.75, 3.05) is 0 Å². The van der Waals surface area contributed by atoms with Crippen LogP contribution in [0, 0.1) is 12.2 Å². The van der Waals surface area contributed by atoms with E-state index in [0.29, 0.717) is 0 Å². The van der Waals surface area contributed by atoms with Crippen LogP contribution in [0.2, 0.25) is 0 Å². The summed E-state index contributed by atoms with van der Waals surface area (Å²) in [5, 5.41) is 0. The molecule has 0 radical (unpaired) electrons. The van der Waals surface area contributed by atoms with E-state index in [1.165, 1.54) is 69.8 Å². The molecule has 2 aliphatic rings. The summed E-state index contributed by atoms with van der Waals surface area (Å²) < 4.78 is 0. The van der Waals surface area contributed by atoms with Crippen molar-refractivity contribution in [2.45, 2.75) is 78.1 Å². The van der Waals surface area contributed by atoms with Crippen LogP contribution in [-0.2, 0) is 26.2 Å². The standard InChI is InChI=1S/C18H16.2C5H10.Zr/c1-3-15(2)18(17-12-8-5-9-13-17)14-16-10-6-4-7-11-16;2*1-2-4-5-3-1;/h4-13H,1-2H3;2*1-5H2;/q-2;;;+4. The summed E-state index contributed by atoms with van der Waals surface area (Å²) in [5.74, 6) is 0. The summed E-state index contributed by atoms with van der Waals surface area (Å²) in [7, 11) is 0. The zero-order chi connectivity index (χ0) is 19.9. The van der Waals surface area contributed by atoms with Crippen LogP contribution in [-0.4, -0.2) is 0 Å². The molecule has 29 heavy (non-hydrogen) atoms. The van der Waals surface area contributed by atoms with Crippen LogP contribution in [0.25, 0.3) is 5.57 Å². The summed E-state index contributed by atoms with van der Waals surface area (Å²) in [5.41, 5.74) is 4.48. The first-order valence-electron chi connectivity index (χ1n) is 11.1. The van der Waals surface area contributed by atoms with Gasteiger partial charge in [0.25, 0.3) is 0 Å². The molecule has 2 saturated carbocycles. The summed E-state index contributed by atoms with van der Waals surface area (Å²) in [6.45, 7) is 4.00. The molecule has 0 saturated heterocycles. The van der Waals surface area contributed by atoms with E-state index < -0.39 is 0 Å². The van der Waals surface area contributed by atoms with E-state index in [1.54, 1.807) is 0 Å². The molecule has 0 atom stereocenters. The van der Waals surface area contributed by atoms with Gasteiger partial charge >= 0.3 is 26.2 Å². The maximum Gasteiger partial charge on any atom is 4.00 e. The Morgan fingerprint density at radius 1 is 0.621 bits per heavy atom. The van der Waals surface area contributed by atoms with Gasteiger partial charge in [-0.25, -0.2) is 6.08 Å². The number of rotatable bonds is 3. The average Bonchev–Trinajstić information content (AvgIpc) is 3.52. The van der Waals surface area contributed by atoms with E-state index >= 15 is 0 Å². The van der Waals surface area contributed by atoms with E-state index in [-0.39, 0.29) is 26.2 Å². The van der Waals surface area contributed by atoms with E-state index in [0.717, 1.165) is 16.7 Å². The molecule has 2 aromatic carbocycles. The predicted molar refractivity (Wildman–Crippen MR) is 123 cm³/mol. The summed E-state index contributed by atoms with van der Waals surface area (Å²) in [6.07, 6.45) is 21.7. The molecule has 0 bridgehead atoms. The normalized spacial score (nSPS) is 16.1. The molecule has 0 unspecified atom stereocenters. The number of hydrogen-bond donors (Lipinski definition) is 0. The maximum absolute atomic E-state index is 3.46. The minimum Gasteiger partial charge on any atom is -0.316 e. The molecule has 0 spiro atoms. The van der Waals surface area contributed by atoms with Crippen molar-refractivity contribution in [2.24, 2.45) is 0 Å². The second-order valence-electron chi connectivity index (χ2n) is 7.64. The van der Waals surface area contributed by atoms with Crippen molar-refractivity contribution >= 4 is 5.57 Å². The van der Waals surface area contributed by atoms with Crippen LogP contribution in [0.4, 0.5) is 0 Å². The van der Waals surface area contributed by atoms with Gasteiger partial charge in [0.05, 0.1) is 0 Å². The first kappa shape index (κ1) is 25.8. The van der Waals surface area contributed by atoms with Gasteiger partial charge in [-0.1, -0.05) is 101 Å². The second kappa shape index (κ2) is 16.6. The van der Waals surface area contributed by atoms with Gasteiger partial charge < -0.3 is 6.08 Å². The summed E-state index contributed by atoms with van der Waals surface area (Å²) in [4.78, 5) is 0. The minimum absolute atomic E-state index is 0. The molecule has 0 nitrogen and oxygen atoms in total. The fourth-order valence-electron chi connectivity index (χ4n) is 3.55. The SMILES string of the molecule is C1CCCC1.C1CCCC1.C[C-]=C(C)C(=[C-]c1ccccc1)c1ccccc1.[Zr+4].